The van der Waals surface area contributed by atoms with E-state index in [2.05, 4.69) is 4.99 Å². The molecule has 1 atom stereocenters. The molecule has 3 aromatic rings. The SMILES string of the molecule is CCOC(=O)C1=C(C)N=c2s/c(=C\C=C\c3ccccc3)c(=O)n2C1c1ccccc1Cl. The molecule has 0 saturated heterocycles. The summed E-state index contributed by atoms with van der Waals surface area (Å²) in [6.45, 7) is 3.72. The lowest BCUT2D eigenvalue weighted by molar-refractivity contribution is -0.139. The zero-order chi connectivity index (χ0) is 22.7. The Morgan fingerprint density at radius 3 is 2.62 bits per heavy atom. The van der Waals surface area contributed by atoms with Gasteiger partial charge in [0.25, 0.3) is 5.56 Å². The molecule has 0 N–H and O–H groups in total. The molecule has 4 rings (SSSR count). The van der Waals surface area contributed by atoms with Crippen molar-refractivity contribution >= 4 is 41.1 Å². The van der Waals surface area contributed by atoms with Gasteiger partial charge in [0, 0.05) is 5.02 Å². The van der Waals surface area contributed by atoms with Crippen LogP contribution in [-0.4, -0.2) is 17.1 Å². The van der Waals surface area contributed by atoms with E-state index in [1.165, 1.54) is 15.9 Å². The molecule has 2 aromatic carbocycles. The number of esters is 1. The maximum atomic E-state index is 13.4. The zero-order valence-electron chi connectivity index (χ0n) is 17.6. The molecule has 0 amide bonds. The molecule has 0 spiro atoms. The third kappa shape index (κ3) is 4.24. The molecule has 1 aliphatic heterocycles. The van der Waals surface area contributed by atoms with Crippen LogP contribution in [0.4, 0.5) is 0 Å². The molecular weight excluding hydrogens is 444 g/mol. The first-order valence-corrected chi connectivity index (χ1v) is 11.4. The van der Waals surface area contributed by atoms with E-state index in [1.54, 1.807) is 26.0 Å². The topological polar surface area (TPSA) is 60.7 Å². The van der Waals surface area contributed by atoms with Crippen LogP contribution in [0.3, 0.4) is 0 Å². The average molecular weight is 465 g/mol. The smallest absolute Gasteiger partial charge is 0.338 e. The van der Waals surface area contributed by atoms with Crippen molar-refractivity contribution in [1.29, 1.82) is 0 Å². The van der Waals surface area contributed by atoms with Gasteiger partial charge < -0.3 is 4.74 Å². The predicted molar refractivity (Wildman–Crippen MR) is 128 cm³/mol. The van der Waals surface area contributed by atoms with Crippen LogP contribution in [-0.2, 0) is 9.53 Å². The second-order valence-electron chi connectivity index (χ2n) is 7.12. The van der Waals surface area contributed by atoms with Crippen LogP contribution in [0.15, 0.2) is 81.7 Å². The summed E-state index contributed by atoms with van der Waals surface area (Å²) in [5, 5.41) is 0.465. The summed E-state index contributed by atoms with van der Waals surface area (Å²) in [7, 11) is 0. The largest absolute Gasteiger partial charge is 0.463 e. The molecular formula is C25H21ClN2O3S. The standard InChI is InChI=1S/C25H21ClN2O3S/c1-3-31-24(30)21-16(2)27-25-28(22(21)18-13-7-8-14-19(18)26)23(29)20(32-25)15-9-12-17-10-5-4-6-11-17/h4-15,22H,3H2,1-2H3/b12-9+,20-15-. The monoisotopic (exact) mass is 464 g/mol. The number of fused-ring (bicyclic) bond motifs is 1. The molecule has 0 radical (unpaired) electrons. The van der Waals surface area contributed by atoms with Gasteiger partial charge >= 0.3 is 5.97 Å². The number of ether oxygens (including phenoxy) is 1. The van der Waals surface area contributed by atoms with Gasteiger partial charge in [-0.15, -0.1) is 0 Å². The number of aromatic nitrogens is 1. The Hall–Kier alpha value is -3.22. The second kappa shape index (κ2) is 9.51. The number of carbonyl (C=O) groups excluding carboxylic acids is 1. The van der Waals surface area contributed by atoms with Crippen molar-refractivity contribution in [1.82, 2.24) is 4.57 Å². The van der Waals surface area contributed by atoms with Crippen molar-refractivity contribution in [2.45, 2.75) is 19.9 Å². The first kappa shape index (κ1) is 22.0. The van der Waals surface area contributed by atoms with Gasteiger partial charge in [0.05, 0.1) is 22.4 Å². The Morgan fingerprint density at radius 1 is 1.19 bits per heavy atom. The van der Waals surface area contributed by atoms with Gasteiger partial charge in [-0.1, -0.05) is 83.6 Å². The second-order valence-corrected chi connectivity index (χ2v) is 8.53. The number of allylic oxidation sites excluding steroid dienone is 2. The van der Waals surface area contributed by atoms with Gasteiger partial charge in [0.15, 0.2) is 4.80 Å². The van der Waals surface area contributed by atoms with E-state index < -0.39 is 12.0 Å². The molecule has 0 bridgehead atoms. The molecule has 162 valence electrons. The van der Waals surface area contributed by atoms with Gasteiger partial charge in [-0.2, -0.15) is 0 Å². The van der Waals surface area contributed by atoms with Gasteiger partial charge in [-0.3, -0.25) is 9.36 Å². The van der Waals surface area contributed by atoms with Gasteiger partial charge in [-0.25, -0.2) is 9.79 Å². The van der Waals surface area contributed by atoms with Gasteiger partial charge in [-0.05, 0) is 37.1 Å². The maximum absolute atomic E-state index is 13.4. The summed E-state index contributed by atoms with van der Waals surface area (Å²) in [6.07, 6.45) is 5.54. The fourth-order valence-electron chi connectivity index (χ4n) is 3.61. The van der Waals surface area contributed by atoms with E-state index in [9.17, 15) is 9.59 Å². The fourth-order valence-corrected chi connectivity index (χ4v) is 4.84. The van der Waals surface area contributed by atoms with E-state index >= 15 is 0 Å². The number of nitrogens with zero attached hydrogens (tertiary/aromatic N) is 2. The minimum Gasteiger partial charge on any atom is -0.463 e. The van der Waals surface area contributed by atoms with Crippen molar-refractivity contribution in [2.24, 2.45) is 4.99 Å². The maximum Gasteiger partial charge on any atom is 0.338 e. The fraction of sp³-hybridized carbons (Fsp3) is 0.160. The van der Waals surface area contributed by atoms with Crippen LogP contribution in [0.25, 0.3) is 12.2 Å². The Labute approximate surface area is 194 Å². The summed E-state index contributed by atoms with van der Waals surface area (Å²) in [4.78, 5) is 31.3. The van der Waals surface area contributed by atoms with Crippen molar-refractivity contribution in [3.8, 4) is 0 Å². The molecule has 32 heavy (non-hydrogen) atoms. The van der Waals surface area contributed by atoms with Crippen molar-refractivity contribution in [2.75, 3.05) is 6.61 Å². The summed E-state index contributed by atoms with van der Waals surface area (Å²) < 4.78 is 7.34. The Morgan fingerprint density at radius 2 is 1.91 bits per heavy atom. The Kier molecular flexibility index (Phi) is 6.53. The lowest BCUT2D eigenvalue weighted by Crippen LogP contribution is -2.40. The number of hydrogen-bond acceptors (Lipinski definition) is 5. The summed E-state index contributed by atoms with van der Waals surface area (Å²) in [5.74, 6) is -0.503. The third-order valence-corrected chi connectivity index (χ3v) is 6.40. The highest BCUT2D eigenvalue weighted by atomic mass is 35.5. The lowest BCUT2D eigenvalue weighted by Gasteiger charge is -2.25. The number of hydrogen-bond donors (Lipinski definition) is 0. The van der Waals surface area contributed by atoms with E-state index in [1.807, 2.05) is 60.7 Å². The first-order chi connectivity index (χ1) is 15.5. The normalized spacial score (nSPS) is 16.2. The highest BCUT2D eigenvalue weighted by Crippen LogP contribution is 2.34. The number of rotatable bonds is 5. The third-order valence-electron chi connectivity index (χ3n) is 5.05. The molecule has 0 aliphatic carbocycles. The summed E-state index contributed by atoms with van der Waals surface area (Å²) in [5.41, 5.74) is 2.29. The van der Waals surface area contributed by atoms with Crippen LogP contribution >= 0.6 is 22.9 Å². The number of thiazole rings is 1. The Bertz CT molecular complexity index is 1400. The predicted octanol–water partition coefficient (Wildman–Crippen LogP) is 4.12. The molecule has 0 fully saturated rings. The number of benzene rings is 2. The first-order valence-electron chi connectivity index (χ1n) is 10.2. The van der Waals surface area contributed by atoms with Crippen LogP contribution in [0.2, 0.25) is 5.02 Å². The summed E-state index contributed by atoms with van der Waals surface area (Å²) in [6, 6.07) is 16.3. The molecule has 2 heterocycles. The van der Waals surface area contributed by atoms with Gasteiger partial charge in [0.1, 0.15) is 6.04 Å². The van der Waals surface area contributed by atoms with E-state index in [-0.39, 0.29) is 12.2 Å². The van der Waals surface area contributed by atoms with Crippen molar-refractivity contribution < 1.29 is 9.53 Å². The zero-order valence-corrected chi connectivity index (χ0v) is 19.2. The van der Waals surface area contributed by atoms with Crippen LogP contribution in [0, 0.1) is 0 Å². The van der Waals surface area contributed by atoms with Crippen LogP contribution < -0.4 is 14.9 Å². The molecule has 1 aromatic heterocycles. The van der Waals surface area contributed by atoms with E-state index in [4.69, 9.17) is 16.3 Å². The minimum absolute atomic E-state index is 0.222. The molecule has 5 nitrogen and oxygen atoms in total. The van der Waals surface area contributed by atoms with Gasteiger partial charge in [0.2, 0.25) is 0 Å². The van der Waals surface area contributed by atoms with Crippen molar-refractivity contribution in [3.05, 3.63) is 108 Å². The van der Waals surface area contributed by atoms with Crippen molar-refractivity contribution in [3.63, 3.8) is 0 Å². The van der Waals surface area contributed by atoms with Crippen LogP contribution in [0.1, 0.15) is 31.0 Å². The number of halogens is 1. The lowest BCUT2D eigenvalue weighted by atomic mass is 9.96. The molecule has 1 unspecified atom stereocenters. The van der Waals surface area contributed by atoms with E-state index in [0.29, 0.717) is 31.2 Å². The molecule has 1 aliphatic rings. The minimum atomic E-state index is -0.709. The average Bonchev–Trinajstić information content (AvgIpc) is 3.09. The molecule has 0 saturated carbocycles. The van der Waals surface area contributed by atoms with Crippen LogP contribution in [0.5, 0.6) is 0 Å². The van der Waals surface area contributed by atoms with E-state index in [0.717, 1.165) is 5.56 Å². The quantitative estimate of drug-likeness (QED) is 0.534. The Balaban J connectivity index is 1.88. The highest BCUT2D eigenvalue weighted by Gasteiger charge is 2.34. The summed E-state index contributed by atoms with van der Waals surface area (Å²) >= 11 is 7.77. The number of carbonyl (C=O) groups is 1. The highest BCUT2D eigenvalue weighted by molar-refractivity contribution is 7.07. The molecule has 7 heteroatoms.